The van der Waals surface area contributed by atoms with Gasteiger partial charge in [0.05, 0.1) is 17.1 Å². The van der Waals surface area contributed by atoms with E-state index in [0.29, 0.717) is 31.0 Å². The number of benzene rings is 1. The molecule has 0 saturated carbocycles. The van der Waals surface area contributed by atoms with Crippen LogP contribution in [0.25, 0.3) is 0 Å². The van der Waals surface area contributed by atoms with Crippen molar-refractivity contribution in [3.63, 3.8) is 0 Å². The van der Waals surface area contributed by atoms with E-state index in [1.54, 1.807) is 6.07 Å². The highest BCUT2D eigenvalue weighted by atomic mass is 32.2. The first-order chi connectivity index (χ1) is 10.8. The molecule has 8 heteroatoms. The number of ether oxygens (including phenoxy) is 1. The van der Waals surface area contributed by atoms with Gasteiger partial charge in [-0.1, -0.05) is 19.8 Å². The predicted octanol–water partition coefficient (Wildman–Crippen LogP) is 1.44. The first kappa shape index (κ1) is 17.6. The number of likely N-dealkylation sites (N-methyl/N-ethyl adjacent to an activating group) is 1. The maximum absolute atomic E-state index is 12.5. The molecule has 2 N–H and O–H groups in total. The molecule has 128 valence electrons. The zero-order chi connectivity index (χ0) is 17.0. The van der Waals surface area contributed by atoms with Gasteiger partial charge in [-0.05, 0) is 24.6 Å². The Morgan fingerprint density at radius 1 is 1.48 bits per heavy atom. The molecule has 0 bridgehead atoms. The summed E-state index contributed by atoms with van der Waals surface area (Å²) < 4.78 is 32.7. The molecule has 0 spiro atoms. The van der Waals surface area contributed by atoms with E-state index in [9.17, 15) is 18.3 Å². The van der Waals surface area contributed by atoms with Crippen LogP contribution in [0.4, 0.5) is 5.69 Å². The van der Waals surface area contributed by atoms with Crippen LogP contribution in [0.15, 0.2) is 23.1 Å². The summed E-state index contributed by atoms with van der Waals surface area (Å²) in [6.07, 6.45) is 1.70. The lowest BCUT2D eigenvalue weighted by Crippen LogP contribution is -2.40. The quantitative estimate of drug-likeness (QED) is 0.778. The van der Waals surface area contributed by atoms with Crippen molar-refractivity contribution in [2.75, 3.05) is 25.1 Å². The number of nitrogens with one attached hydrogen (secondary N) is 1. The standard InChI is InChI=1S/C15H22N2O5S/c1-3-4-5-12(15(18)19)16-23(20,21)11-6-7-14-13(10-11)17(2)8-9-22-14/h6-7,10,12,16H,3-5,8-9H2,1-2H3,(H,18,19). The summed E-state index contributed by atoms with van der Waals surface area (Å²) in [7, 11) is -2.05. The minimum absolute atomic E-state index is 0.0383. The number of carboxylic acids is 1. The monoisotopic (exact) mass is 342 g/mol. The van der Waals surface area contributed by atoms with E-state index in [4.69, 9.17) is 4.74 Å². The Morgan fingerprint density at radius 2 is 2.22 bits per heavy atom. The van der Waals surface area contributed by atoms with E-state index in [0.717, 1.165) is 6.42 Å². The Bertz CT molecular complexity index is 674. The number of anilines is 1. The molecular weight excluding hydrogens is 320 g/mol. The minimum Gasteiger partial charge on any atom is -0.490 e. The zero-order valence-electron chi connectivity index (χ0n) is 13.3. The van der Waals surface area contributed by atoms with Gasteiger partial charge in [0.15, 0.2) is 0 Å². The lowest BCUT2D eigenvalue weighted by atomic mass is 10.1. The van der Waals surface area contributed by atoms with Gasteiger partial charge >= 0.3 is 5.97 Å². The van der Waals surface area contributed by atoms with Gasteiger partial charge < -0.3 is 14.7 Å². The molecule has 1 aliphatic heterocycles. The summed E-state index contributed by atoms with van der Waals surface area (Å²) in [4.78, 5) is 13.2. The maximum Gasteiger partial charge on any atom is 0.321 e. The molecule has 1 heterocycles. The van der Waals surface area contributed by atoms with Crippen LogP contribution < -0.4 is 14.4 Å². The Balaban J connectivity index is 2.25. The summed E-state index contributed by atoms with van der Waals surface area (Å²) in [6.45, 7) is 3.14. The van der Waals surface area contributed by atoms with Gasteiger partial charge in [0.25, 0.3) is 0 Å². The van der Waals surface area contributed by atoms with Crippen molar-refractivity contribution in [3.05, 3.63) is 18.2 Å². The fourth-order valence-corrected chi connectivity index (χ4v) is 3.64. The lowest BCUT2D eigenvalue weighted by molar-refractivity contribution is -0.139. The summed E-state index contributed by atoms with van der Waals surface area (Å²) in [5.41, 5.74) is 0.680. The van der Waals surface area contributed by atoms with Crippen LogP contribution in [0, 0.1) is 0 Å². The zero-order valence-corrected chi connectivity index (χ0v) is 14.1. The molecule has 1 aliphatic rings. The Kier molecular flexibility index (Phi) is 5.48. The molecular formula is C15H22N2O5S. The Morgan fingerprint density at radius 3 is 2.87 bits per heavy atom. The molecule has 0 saturated heterocycles. The smallest absolute Gasteiger partial charge is 0.321 e. The summed E-state index contributed by atoms with van der Waals surface area (Å²) in [6, 6.07) is 3.42. The third kappa shape index (κ3) is 4.14. The lowest BCUT2D eigenvalue weighted by Gasteiger charge is -2.28. The second-order valence-electron chi connectivity index (χ2n) is 5.55. The van der Waals surface area contributed by atoms with Gasteiger partial charge in [-0.2, -0.15) is 4.72 Å². The van der Waals surface area contributed by atoms with Crippen molar-refractivity contribution in [2.24, 2.45) is 0 Å². The van der Waals surface area contributed by atoms with E-state index < -0.39 is 22.0 Å². The number of hydrogen-bond donors (Lipinski definition) is 2. The van der Waals surface area contributed by atoms with Gasteiger partial charge in [0, 0.05) is 7.05 Å². The second-order valence-corrected chi connectivity index (χ2v) is 7.27. The summed E-state index contributed by atoms with van der Waals surface area (Å²) >= 11 is 0. The number of rotatable bonds is 7. The van der Waals surface area contributed by atoms with Crippen LogP contribution in [0.3, 0.4) is 0 Å². The van der Waals surface area contributed by atoms with Gasteiger partial charge in [-0.25, -0.2) is 8.42 Å². The average molecular weight is 342 g/mol. The number of hydrogen-bond acceptors (Lipinski definition) is 5. The van der Waals surface area contributed by atoms with Crippen LogP contribution in [0.2, 0.25) is 0 Å². The number of nitrogens with zero attached hydrogens (tertiary/aromatic N) is 1. The van der Waals surface area contributed by atoms with E-state index in [1.165, 1.54) is 12.1 Å². The highest BCUT2D eigenvalue weighted by Gasteiger charge is 2.26. The first-order valence-electron chi connectivity index (χ1n) is 7.58. The fraction of sp³-hybridized carbons (Fsp3) is 0.533. The molecule has 0 aromatic heterocycles. The summed E-state index contributed by atoms with van der Waals surface area (Å²) in [5, 5.41) is 9.19. The van der Waals surface area contributed by atoms with Crippen LogP contribution >= 0.6 is 0 Å². The summed E-state index contributed by atoms with van der Waals surface area (Å²) in [5.74, 6) is -0.543. The van der Waals surface area contributed by atoms with E-state index in [1.807, 2.05) is 18.9 Å². The van der Waals surface area contributed by atoms with Gasteiger partial charge in [0.2, 0.25) is 10.0 Å². The van der Waals surface area contributed by atoms with E-state index >= 15 is 0 Å². The minimum atomic E-state index is -3.90. The number of aliphatic carboxylic acids is 1. The number of fused-ring (bicyclic) bond motifs is 1. The second kappa shape index (κ2) is 7.18. The highest BCUT2D eigenvalue weighted by Crippen LogP contribution is 2.32. The first-order valence-corrected chi connectivity index (χ1v) is 9.06. The topological polar surface area (TPSA) is 95.9 Å². The molecule has 1 aromatic rings. The Hall–Kier alpha value is -1.80. The van der Waals surface area contributed by atoms with Gasteiger partial charge in [-0.3, -0.25) is 4.79 Å². The molecule has 23 heavy (non-hydrogen) atoms. The molecule has 1 aromatic carbocycles. The van der Waals surface area contributed by atoms with Crippen LogP contribution in [-0.2, 0) is 14.8 Å². The van der Waals surface area contributed by atoms with Crippen molar-refractivity contribution in [3.8, 4) is 5.75 Å². The number of unbranched alkanes of at least 4 members (excludes halogenated alkanes) is 1. The molecule has 0 radical (unpaired) electrons. The number of carbonyl (C=O) groups is 1. The predicted molar refractivity (Wildman–Crippen MR) is 86.5 cm³/mol. The van der Waals surface area contributed by atoms with Gasteiger partial charge in [-0.15, -0.1) is 0 Å². The number of sulfonamides is 1. The average Bonchev–Trinajstić information content (AvgIpc) is 2.51. The van der Waals surface area contributed by atoms with Gasteiger partial charge in [0.1, 0.15) is 18.4 Å². The maximum atomic E-state index is 12.5. The fourth-order valence-electron chi connectivity index (χ4n) is 2.39. The van der Waals surface area contributed by atoms with Crippen molar-refractivity contribution >= 4 is 21.7 Å². The third-order valence-electron chi connectivity index (χ3n) is 3.78. The highest BCUT2D eigenvalue weighted by molar-refractivity contribution is 7.89. The molecule has 1 atom stereocenters. The van der Waals surface area contributed by atoms with Crippen LogP contribution in [0.1, 0.15) is 26.2 Å². The molecule has 1 unspecified atom stereocenters. The van der Waals surface area contributed by atoms with Crippen molar-refractivity contribution in [1.29, 1.82) is 0 Å². The van der Waals surface area contributed by atoms with Crippen molar-refractivity contribution in [1.82, 2.24) is 4.72 Å². The van der Waals surface area contributed by atoms with E-state index in [2.05, 4.69) is 4.72 Å². The van der Waals surface area contributed by atoms with Crippen molar-refractivity contribution < 1.29 is 23.1 Å². The molecule has 7 nitrogen and oxygen atoms in total. The normalized spacial score (nSPS) is 15.7. The third-order valence-corrected chi connectivity index (χ3v) is 5.25. The van der Waals surface area contributed by atoms with Crippen molar-refractivity contribution in [2.45, 2.75) is 37.1 Å². The van der Waals surface area contributed by atoms with Crippen LogP contribution in [-0.4, -0.2) is 45.7 Å². The molecule has 0 amide bonds. The largest absolute Gasteiger partial charge is 0.490 e. The SMILES string of the molecule is CCCCC(NS(=O)(=O)c1ccc2c(c1)N(C)CCO2)C(=O)O. The van der Waals surface area contributed by atoms with Crippen LogP contribution in [0.5, 0.6) is 5.75 Å². The Labute approximate surface area is 136 Å². The molecule has 0 aliphatic carbocycles. The van der Waals surface area contributed by atoms with E-state index in [-0.39, 0.29) is 11.3 Å². The molecule has 0 fully saturated rings. The molecule has 2 rings (SSSR count). The number of carboxylic acid groups (broad SMARTS) is 1.